The molecule has 160 valence electrons. The minimum atomic E-state index is -0.955. The van der Waals surface area contributed by atoms with Gasteiger partial charge in [0.1, 0.15) is 11.5 Å². The molecule has 1 unspecified atom stereocenters. The Morgan fingerprint density at radius 1 is 0.969 bits per heavy atom. The Morgan fingerprint density at radius 3 is 2.22 bits per heavy atom. The van der Waals surface area contributed by atoms with Gasteiger partial charge < -0.3 is 9.84 Å². The first kappa shape index (κ1) is 20.8. The number of nitro benzene ring substituents is 1. The highest BCUT2D eigenvalue weighted by Crippen LogP contribution is 2.44. The van der Waals surface area contributed by atoms with Gasteiger partial charge >= 0.3 is 0 Å². The third kappa shape index (κ3) is 3.47. The topological polar surface area (TPSA) is 110 Å². The molecule has 4 rings (SSSR count). The van der Waals surface area contributed by atoms with Crippen molar-refractivity contribution in [3.8, 4) is 5.75 Å². The Labute approximate surface area is 183 Å². The molecule has 0 aromatic heterocycles. The Bertz CT molecular complexity index is 1230. The normalized spacial score (nSPS) is 17.4. The summed E-state index contributed by atoms with van der Waals surface area (Å²) in [7, 11) is 1.48. The second-order valence-electron chi connectivity index (χ2n) is 7.05. The molecule has 0 bridgehead atoms. The number of hydrogen-bond donors (Lipinski definition) is 1. The zero-order chi connectivity index (χ0) is 22.8. The molecule has 1 aliphatic heterocycles. The summed E-state index contributed by atoms with van der Waals surface area (Å²) in [6.45, 7) is 0. The van der Waals surface area contributed by atoms with Crippen LogP contribution in [0.25, 0.3) is 5.76 Å². The zero-order valence-corrected chi connectivity index (χ0v) is 17.0. The van der Waals surface area contributed by atoms with Crippen molar-refractivity contribution in [3.63, 3.8) is 0 Å². The third-order valence-electron chi connectivity index (χ3n) is 5.26. The number of carbonyl (C=O) groups excluding carboxylic acids is 2. The summed E-state index contributed by atoms with van der Waals surface area (Å²) in [6, 6.07) is 19.7. The van der Waals surface area contributed by atoms with E-state index in [-0.39, 0.29) is 16.8 Å². The highest BCUT2D eigenvalue weighted by atomic mass is 16.6. The number of carbonyl (C=O) groups is 2. The summed E-state index contributed by atoms with van der Waals surface area (Å²) >= 11 is 0. The Kier molecular flexibility index (Phi) is 5.43. The van der Waals surface area contributed by atoms with E-state index in [4.69, 9.17) is 4.74 Å². The molecule has 1 saturated heterocycles. The minimum absolute atomic E-state index is 0.128. The van der Waals surface area contributed by atoms with Crippen molar-refractivity contribution in [2.45, 2.75) is 6.04 Å². The summed E-state index contributed by atoms with van der Waals surface area (Å²) in [5.41, 5.74) is 0.890. The number of nitrogens with zero attached hydrogens (tertiary/aromatic N) is 2. The van der Waals surface area contributed by atoms with Crippen molar-refractivity contribution >= 4 is 28.8 Å². The number of aliphatic hydroxyl groups excluding tert-OH is 1. The van der Waals surface area contributed by atoms with E-state index < -0.39 is 28.4 Å². The van der Waals surface area contributed by atoms with Gasteiger partial charge in [0.05, 0.1) is 23.6 Å². The van der Waals surface area contributed by atoms with Gasteiger partial charge in [-0.05, 0) is 30.3 Å². The van der Waals surface area contributed by atoms with Crippen LogP contribution in [-0.4, -0.2) is 28.8 Å². The molecule has 1 fully saturated rings. The minimum Gasteiger partial charge on any atom is -0.507 e. The molecule has 0 saturated carbocycles. The van der Waals surface area contributed by atoms with Crippen molar-refractivity contribution < 1.29 is 24.4 Å². The van der Waals surface area contributed by atoms with Crippen LogP contribution in [0.4, 0.5) is 11.4 Å². The second kappa shape index (κ2) is 8.35. The fourth-order valence-electron chi connectivity index (χ4n) is 3.77. The number of methoxy groups -OCH3 is 1. The summed E-state index contributed by atoms with van der Waals surface area (Å²) in [4.78, 5) is 37.9. The van der Waals surface area contributed by atoms with Gasteiger partial charge in [0, 0.05) is 28.9 Å². The Morgan fingerprint density at radius 2 is 1.59 bits per heavy atom. The van der Waals surface area contributed by atoms with Crippen molar-refractivity contribution in [3.05, 3.63) is 106 Å². The molecule has 8 nitrogen and oxygen atoms in total. The first-order chi connectivity index (χ1) is 15.4. The number of hydrogen-bond acceptors (Lipinski definition) is 6. The molecule has 8 heteroatoms. The molecule has 0 aliphatic carbocycles. The maximum atomic E-state index is 13.1. The highest BCUT2D eigenvalue weighted by Gasteiger charge is 2.47. The van der Waals surface area contributed by atoms with E-state index in [1.165, 1.54) is 36.3 Å². The number of nitro groups is 1. The first-order valence-corrected chi connectivity index (χ1v) is 9.68. The van der Waals surface area contributed by atoms with E-state index in [9.17, 15) is 24.8 Å². The van der Waals surface area contributed by atoms with Crippen LogP contribution >= 0.6 is 0 Å². The molecule has 1 atom stereocenters. The molecular weight excluding hydrogens is 412 g/mol. The molecule has 3 aromatic rings. The summed E-state index contributed by atoms with van der Waals surface area (Å²) in [5, 5.41) is 22.0. The predicted molar refractivity (Wildman–Crippen MR) is 117 cm³/mol. The van der Waals surface area contributed by atoms with Gasteiger partial charge in [0.15, 0.2) is 0 Å². The third-order valence-corrected chi connectivity index (χ3v) is 5.26. The predicted octanol–water partition coefficient (Wildman–Crippen LogP) is 4.23. The number of para-hydroxylation sites is 2. The summed E-state index contributed by atoms with van der Waals surface area (Å²) in [6.07, 6.45) is 0. The maximum Gasteiger partial charge on any atom is 0.300 e. The Balaban J connectivity index is 1.95. The van der Waals surface area contributed by atoms with Gasteiger partial charge in [-0.25, -0.2) is 0 Å². The van der Waals surface area contributed by atoms with Gasteiger partial charge in [0.25, 0.3) is 17.4 Å². The number of Topliss-reactive ketones (excluding diaryl/α,β-unsaturated/α-hetero) is 1. The lowest BCUT2D eigenvalue weighted by Gasteiger charge is -2.26. The molecular formula is C24H18N2O6. The molecule has 1 amide bonds. The quantitative estimate of drug-likeness (QED) is 0.213. The number of rotatable bonds is 5. The van der Waals surface area contributed by atoms with Crippen LogP contribution in [0.15, 0.2) is 84.4 Å². The molecule has 1 aliphatic rings. The van der Waals surface area contributed by atoms with E-state index in [1.807, 2.05) is 0 Å². The molecule has 1 N–H and O–H groups in total. The molecule has 3 aromatic carbocycles. The van der Waals surface area contributed by atoms with Crippen LogP contribution in [0.3, 0.4) is 0 Å². The van der Waals surface area contributed by atoms with E-state index in [2.05, 4.69) is 0 Å². The average Bonchev–Trinajstić information content (AvgIpc) is 3.09. The lowest BCUT2D eigenvalue weighted by molar-refractivity contribution is -0.384. The highest BCUT2D eigenvalue weighted by molar-refractivity contribution is 6.51. The summed E-state index contributed by atoms with van der Waals surface area (Å²) in [5.74, 6) is -1.64. The summed E-state index contributed by atoms with van der Waals surface area (Å²) < 4.78 is 5.46. The maximum absolute atomic E-state index is 13.1. The van der Waals surface area contributed by atoms with Crippen LogP contribution < -0.4 is 9.64 Å². The van der Waals surface area contributed by atoms with Crippen molar-refractivity contribution in [1.82, 2.24) is 0 Å². The standard InChI is InChI=1S/C24H18N2O6/c1-32-19-10-6-5-9-18(19)21-20(22(27)15-11-13-17(14-12-15)26(30)31)23(28)24(29)25(21)16-7-3-2-4-8-16/h2-14,21,27H,1H3/b22-20+. The van der Waals surface area contributed by atoms with Gasteiger partial charge in [-0.3, -0.25) is 24.6 Å². The fraction of sp³-hybridized carbons (Fsp3) is 0.0833. The SMILES string of the molecule is COc1ccccc1C1/C(=C(\O)c2ccc([N+](=O)[O-])cc2)C(=O)C(=O)N1c1ccccc1. The van der Waals surface area contributed by atoms with E-state index in [1.54, 1.807) is 54.6 Å². The smallest absolute Gasteiger partial charge is 0.300 e. The number of non-ortho nitro benzene ring substituents is 1. The van der Waals surface area contributed by atoms with E-state index >= 15 is 0 Å². The number of aliphatic hydroxyl groups is 1. The molecule has 0 radical (unpaired) electrons. The molecule has 32 heavy (non-hydrogen) atoms. The van der Waals surface area contributed by atoms with Crippen LogP contribution in [0.1, 0.15) is 17.2 Å². The van der Waals surface area contributed by atoms with Crippen LogP contribution in [0.5, 0.6) is 5.75 Å². The van der Waals surface area contributed by atoms with Gasteiger partial charge in [-0.1, -0.05) is 36.4 Å². The van der Waals surface area contributed by atoms with E-state index in [0.717, 1.165) is 0 Å². The van der Waals surface area contributed by atoms with Crippen molar-refractivity contribution in [1.29, 1.82) is 0 Å². The molecule has 0 spiro atoms. The van der Waals surface area contributed by atoms with Crippen molar-refractivity contribution in [2.75, 3.05) is 12.0 Å². The van der Waals surface area contributed by atoms with Gasteiger partial charge in [0.2, 0.25) is 0 Å². The van der Waals surface area contributed by atoms with Crippen LogP contribution in [-0.2, 0) is 9.59 Å². The number of ketones is 1. The van der Waals surface area contributed by atoms with Crippen LogP contribution in [0.2, 0.25) is 0 Å². The average molecular weight is 430 g/mol. The van der Waals surface area contributed by atoms with Crippen molar-refractivity contribution in [2.24, 2.45) is 0 Å². The molecule has 1 heterocycles. The number of anilines is 1. The monoisotopic (exact) mass is 430 g/mol. The lowest BCUT2D eigenvalue weighted by Crippen LogP contribution is -2.29. The number of amides is 1. The number of benzene rings is 3. The first-order valence-electron chi connectivity index (χ1n) is 9.68. The Hall–Kier alpha value is -4.46. The largest absolute Gasteiger partial charge is 0.507 e. The van der Waals surface area contributed by atoms with Crippen LogP contribution in [0, 0.1) is 10.1 Å². The van der Waals surface area contributed by atoms with E-state index in [0.29, 0.717) is 17.0 Å². The number of ether oxygens (including phenoxy) is 1. The lowest BCUT2D eigenvalue weighted by atomic mass is 9.94. The second-order valence-corrected chi connectivity index (χ2v) is 7.05. The zero-order valence-electron chi connectivity index (χ0n) is 17.0. The van der Waals surface area contributed by atoms with Gasteiger partial charge in [-0.15, -0.1) is 0 Å². The fourth-order valence-corrected chi connectivity index (χ4v) is 3.77. The van der Waals surface area contributed by atoms with Gasteiger partial charge in [-0.2, -0.15) is 0 Å².